The Labute approximate surface area is 120 Å². The quantitative estimate of drug-likeness (QED) is 0.507. The van der Waals surface area contributed by atoms with E-state index >= 15 is 0 Å². The molecular weight excluding hydrogens is 286 g/mol. The Hall–Kier alpha value is -1.96. The fourth-order valence-corrected chi connectivity index (χ4v) is 2.56. The second-order valence-corrected chi connectivity index (χ2v) is 5.26. The number of hydrogen-bond donors (Lipinski definition) is 1. The molecule has 1 fully saturated rings. The van der Waals surface area contributed by atoms with Crippen LogP contribution in [-0.4, -0.2) is 40.9 Å². The Bertz CT molecular complexity index is 567. The highest BCUT2D eigenvalue weighted by Crippen LogP contribution is 2.38. The molecule has 0 aromatic carbocycles. The number of aromatic nitrogens is 2. The first-order chi connectivity index (χ1) is 9.39. The average molecular weight is 300 g/mol. The number of nitrogens with zero attached hydrogens (tertiary/aromatic N) is 4. The first-order valence-electron chi connectivity index (χ1n) is 6.01. The standard InChI is InChI=1S/C11H14ClN5O3/c1-11(10(18)13-2)3-4-16(5-11)9-7(17(19)20)8(12)14-6-15-9/h6H,3-5H2,1-2H3,(H,13,18). The number of hydrogen-bond acceptors (Lipinski definition) is 6. The Morgan fingerprint density at radius 3 is 2.90 bits per heavy atom. The summed E-state index contributed by atoms with van der Waals surface area (Å²) in [5, 5.41) is 13.5. The number of nitrogens with one attached hydrogen (secondary N) is 1. The van der Waals surface area contributed by atoms with Gasteiger partial charge in [0.15, 0.2) is 0 Å². The molecule has 0 bridgehead atoms. The number of rotatable bonds is 3. The first-order valence-corrected chi connectivity index (χ1v) is 6.39. The molecule has 0 aliphatic carbocycles. The molecule has 0 saturated carbocycles. The lowest BCUT2D eigenvalue weighted by molar-refractivity contribution is -0.384. The van der Waals surface area contributed by atoms with Gasteiger partial charge in [-0.15, -0.1) is 0 Å². The molecule has 1 aliphatic heterocycles. The highest BCUT2D eigenvalue weighted by Gasteiger charge is 2.42. The van der Waals surface area contributed by atoms with Gasteiger partial charge in [0, 0.05) is 20.1 Å². The lowest BCUT2D eigenvalue weighted by Gasteiger charge is -2.23. The lowest BCUT2D eigenvalue weighted by atomic mass is 9.89. The van der Waals surface area contributed by atoms with Gasteiger partial charge in [-0.05, 0) is 13.3 Å². The largest absolute Gasteiger partial charge is 0.359 e. The Morgan fingerprint density at radius 1 is 1.60 bits per heavy atom. The fourth-order valence-electron chi connectivity index (χ4n) is 2.37. The lowest BCUT2D eigenvalue weighted by Crippen LogP contribution is -2.39. The molecule has 1 amide bonds. The molecule has 0 radical (unpaired) electrons. The number of halogens is 1. The van der Waals surface area contributed by atoms with Crippen molar-refractivity contribution in [2.45, 2.75) is 13.3 Å². The maximum Gasteiger partial charge on any atom is 0.348 e. The topological polar surface area (TPSA) is 101 Å². The van der Waals surface area contributed by atoms with Gasteiger partial charge in [-0.2, -0.15) is 0 Å². The maximum atomic E-state index is 11.9. The van der Waals surface area contributed by atoms with Crippen molar-refractivity contribution in [3.63, 3.8) is 0 Å². The van der Waals surface area contributed by atoms with Crippen molar-refractivity contribution >= 4 is 29.0 Å². The molecule has 1 aliphatic rings. The molecule has 1 atom stereocenters. The third-order valence-electron chi connectivity index (χ3n) is 3.49. The number of carbonyl (C=O) groups is 1. The van der Waals surface area contributed by atoms with Crippen LogP contribution in [0.15, 0.2) is 6.33 Å². The van der Waals surface area contributed by atoms with Gasteiger partial charge in [0.1, 0.15) is 6.33 Å². The van der Waals surface area contributed by atoms with E-state index in [2.05, 4.69) is 15.3 Å². The van der Waals surface area contributed by atoms with Crippen molar-refractivity contribution in [2.24, 2.45) is 5.41 Å². The van der Waals surface area contributed by atoms with Crippen LogP contribution in [0.3, 0.4) is 0 Å². The summed E-state index contributed by atoms with van der Waals surface area (Å²) < 4.78 is 0. The molecule has 8 nitrogen and oxygen atoms in total. The van der Waals surface area contributed by atoms with E-state index in [-0.39, 0.29) is 22.6 Å². The third-order valence-corrected chi connectivity index (χ3v) is 3.77. The van der Waals surface area contributed by atoms with Crippen molar-refractivity contribution < 1.29 is 9.72 Å². The number of nitro groups is 1. The fraction of sp³-hybridized carbons (Fsp3) is 0.545. The van der Waals surface area contributed by atoms with E-state index in [1.54, 1.807) is 11.9 Å². The summed E-state index contributed by atoms with van der Waals surface area (Å²) in [6, 6.07) is 0. The van der Waals surface area contributed by atoms with Gasteiger partial charge in [0.05, 0.1) is 10.3 Å². The average Bonchev–Trinajstić information content (AvgIpc) is 2.81. The molecule has 20 heavy (non-hydrogen) atoms. The van der Waals surface area contributed by atoms with Crippen LogP contribution in [0, 0.1) is 15.5 Å². The molecular formula is C11H14ClN5O3. The second kappa shape index (κ2) is 5.20. The number of carbonyl (C=O) groups excluding carboxylic acids is 1. The van der Waals surface area contributed by atoms with Gasteiger partial charge in [-0.1, -0.05) is 11.6 Å². The van der Waals surface area contributed by atoms with Crippen LogP contribution in [0.4, 0.5) is 11.5 Å². The van der Waals surface area contributed by atoms with Crippen LogP contribution < -0.4 is 10.2 Å². The van der Waals surface area contributed by atoms with E-state index in [4.69, 9.17) is 11.6 Å². The van der Waals surface area contributed by atoms with Gasteiger partial charge >= 0.3 is 5.69 Å². The second-order valence-electron chi connectivity index (χ2n) is 4.91. The van der Waals surface area contributed by atoms with Crippen molar-refractivity contribution in [3.8, 4) is 0 Å². The van der Waals surface area contributed by atoms with E-state index < -0.39 is 10.3 Å². The van der Waals surface area contributed by atoms with Gasteiger partial charge in [-0.25, -0.2) is 9.97 Å². The first kappa shape index (κ1) is 14.4. The molecule has 2 rings (SSSR count). The van der Waals surface area contributed by atoms with Gasteiger partial charge < -0.3 is 10.2 Å². The summed E-state index contributed by atoms with van der Waals surface area (Å²) in [6.45, 7) is 2.67. The molecule has 1 aromatic rings. The zero-order valence-corrected chi connectivity index (χ0v) is 11.8. The van der Waals surface area contributed by atoms with Crippen LogP contribution in [-0.2, 0) is 4.79 Å². The minimum absolute atomic E-state index is 0.0946. The normalized spacial score (nSPS) is 21.9. The Morgan fingerprint density at radius 2 is 2.30 bits per heavy atom. The van der Waals surface area contributed by atoms with E-state index in [0.29, 0.717) is 19.5 Å². The highest BCUT2D eigenvalue weighted by molar-refractivity contribution is 6.31. The Kier molecular flexibility index (Phi) is 3.76. The summed E-state index contributed by atoms with van der Waals surface area (Å²) in [5.74, 6) is 0.0606. The predicted octanol–water partition coefficient (Wildman–Crippen LogP) is 1.00. The van der Waals surface area contributed by atoms with Crippen molar-refractivity contribution in [1.29, 1.82) is 0 Å². The minimum atomic E-state index is -0.604. The summed E-state index contributed by atoms with van der Waals surface area (Å²) in [4.78, 5) is 31.6. The van der Waals surface area contributed by atoms with Crippen molar-refractivity contribution in [1.82, 2.24) is 15.3 Å². The van der Waals surface area contributed by atoms with Gasteiger partial charge in [-0.3, -0.25) is 14.9 Å². The number of amides is 1. The maximum absolute atomic E-state index is 11.9. The zero-order chi connectivity index (χ0) is 14.9. The third kappa shape index (κ3) is 2.38. The molecule has 2 heterocycles. The SMILES string of the molecule is CNC(=O)C1(C)CCN(c2ncnc(Cl)c2[N+](=O)[O-])C1. The minimum Gasteiger partial charge on any atom is -0.359 e. The van der Waals surface area contributed by atoms with Crippen LogP contribution in [0.1, 0.15) is 13.3 Å². The van der Waals surface area contributed by atoms with Gasteiger partial charge in [0.25, 0.3) is 0 Å². The summed E-state index contributed by atoms with van der Waals surface area (Å²) in [6.07, 6.45) is 1.77. The molecule has 1 aromatic heterocycles. The van der Waals surface area contributed by atoms with Gasteiger partial charge in [0.2, 0.25) is 16.9 Å². The monoisotopic (exact) mass is 299 g/mol. The van der Waals surface area contributed by atoms with Crippen LogP contribution >= 0.6 is 11.6 Å². The molecule has 1 saturated heterocycles. The van der Waals surface area contributed by atoms with E-state index in [0.717, 1.165) is 0 Å². The molecule has 1 unspecified atom stereocenters. The van der Waals surface area contributed by atoms with Crippen LogP contribution in [0.25, 0.3) is 0 Å². The smallest absolute Gasteiger partial charge is 0.348 e. The highest BCUT2D eigenvalue weighted by atomic mass is 35.5. The van der Waals surface area contributed by atoms with E-state index in [9.17, 15) is 14.9 Å². The summed E-state index contributed by atoms with van der Waals surface area (Å²) in [7, 11) is 1.57. The zero-order valence-electron chi connectivity index (χ0n) is 11.1. The van der Waals surface area contributed by atoms with Crippen LogP contribution in [0.5, 0.6) is 0 Å². The molecule has 9 heteroatoms. The molecule has 1 N–H and O–H groups in total. The number of anilines is 1. The molecule has 0 spiro atoms. The van der Waals surface area contributed by atoms with E-state index in [1.807, 2.05) is 6.92 Å². The molecule has 108 valence electrons. The predicted molar refractivity (Wildman–Crippen MR) is 72.7 cm³/mol. The van der Waals surface area contributed by atoms with Crippen LogP contribution in [0.2, 0.25) is 5.15 Å². The summed E-state index contributed by atoms with van der Waals surface area (Å²) in [5.41, 5.74) is -0.921. The summed E-state index contributed by atoms with van der Waals surface area (Å²) >= 11 is 5.76. The van der Waals surface area contributed by atoms with Crippen molar-refractivity contribution in [2.75, 3.05) is 25.0 Å². The van der Waals surface area contributed by atoms with Crippen molar-refractivity contribution in [3.05, 3.63) is 21.6 Å². The Balaban J connectivity index is 2.34. The van der Waals surface area contributed by atoms with E-state index in [1.165, 1.54) is 6.33 Å².